The van der Waals surface area contributed by atoms with Crippen molar-refractivity contribution in [1.29, 1.82) is 0 Å². The van der Waals surface area contributed by atoms with Crippen LogP contribution in [-0.4, -0.2) is 28.0 Å². The predicted molar refractivity (Wildman–Crippen MR) is 134 cm³/mol. The molecule has 0 bridgehead atoms. The first-order valence-corrected chi connectivity index (χ1v) is 12.4. The lowest BCUT2D eigenvalue weighted by molar-refractivity contribution is -0.114. The molecule has 1 amide bonds. The third-order valence-corrected chi connectivity index (χ3v) is 7.65. The van der Waals surface area contributed by atoms with Gasteiger partial charge in [-0.2, -0.15) is 0 Å². The second-order valence-corrected chi connectivity index (χ2v) is 10.4. The molecule has 0 aliphatic heterocycles. The number of methoxy groups -OCH3 is 1. The van der Waals surface area contributed by atoms with Gasteiger partial charge in [-0.1, -0.05) is 52.5 Å². The van der Waals surface area contributed by atoms with Gasteiger partial charge in [-0.15, -0.1) is 0 Å². The minimum atomic E-state index is -4.22. The van der Waals surface area contributed by atoms with Crippen LogP contribution in [0.2, 0.25) is 20.1 Å². The van der Waals surface area contributed by atoms with E-state index in [1.54, 1.807) is 19.1 Å². The number of halogens is 4. The van der Waals surface area contributed by atoms with Crippen molar-refractivity contribution in [2.45, 2.75) is 11.8 Å². The van der Waals surface area contributed by atoms with E-state index >= 15 is 0 Å². The molecule has 0 atom stereocenters. The molecule has 3 aromatic rings. The highest BCUT2D eigenvalue weighted by Gasteiger charge is 2.30. The normalized spacial score (nSPS) is 11.2. The van der Waals surface area contributed by atoms with E-state index in [2.05, 4.69) is 5.32 Å². The van der Waals surface area contributed by atoms with E-state index < -0.39 is 22.5 Å². The van der Waals surface area contributed by atoms with E-state index in [-0.39, 0.29) is 37.1 Å². The van der Waals surface area contributed by atoms with Gasteiger partial charge in [-0.25, -0.2) is 8.42 Å². The molecule has 0 radical (unpaired) electrons. The van der Waals surface area contributed by atoms with Gasteiger partial charge in [-0.3, -0.25) is 9.10 Å². The fourth-order valence-corrected chi connectivity index (χ4v) is 5.35. The fourth-order valence-electron chi connectivity index (χ4n) is 2.97. The number of hydrogen-bond donors (Lipinski definition) is 1. The third kappa shape index (κ3) is 5.86. The minimum Gasteiger partial charge on any atom is -0.495 e. The summed E-state index contributed by atoms with van der Waals surface area (Å²) >= 11 is 24.0. The number of hydrogen-bond acceptors (Lipinski definition) is 4. The van der Waals surface area contributed by atoms with Crippen LogP contribution < -0.4 is 14.4 Å². The number of benzene rings is 3. The average molecular weight is 548 g/mol. The molecule has 0 aliphatic rings. The summed E-state index contributed by atoms with van der Waals surface area (Å²) in [6.45, 7) is 1.20. The Balaban J connectivity index is 2.02. The Morgan fingerprint density at radius 1 is 0.939 bits per heavy atom. The van der Waals surface area contributed by atoms with Gasteiger partial charge in [0, 0.05) is 5.02 Å². The second kappa shape index (κ2) is 10.4. The Bertz CT molecular complexity index is 1300. The molecular weight excluding hydrogens is 530 g/mol. The molecule has 0 fully saturated rings. The van der Waals surface area contributed by atoms with E-state index in [4.69, 9.17) is 51.1 Å². The monoisotopic (exact) mass is 546 g/mol. The number of carbonyl (C=O) groups excluding carboxylic acids is 1. The molecule has 11 heteroatoms. The van der Waals surface area contributed by atoms with Crippen LogP contribution in [0.3, 0.4) is 0 Å². The highest BCUT2D eigenvalue weighted by atomic mass is 35.5. The lowest BCUT2D eigenvalue weighted by Crippen LogP contribution is -2.38. The van der Waals surface area contributed by atoms with Crippen LogP contribution in [0.1, 0.15) is 5.56 Å². The van der Waals surface area contributed by atoms with Crippen molar-refractivity contribution < 1.29 is 17.9 Å². The molecule has 0 aliphatic carbocycles. The fraction of sp³-hybridized carbons (Fsp3) is 0.136. The van der Waals surface area contributed by atoms with Crippen molar-refractivity contribution in [3.63, 3.8) is 0 Å². The van der Waals surface area contributed by atoms with Crippen molar-refractivity contribution in [1.82, 2.24) is 0 Å². The molecule has 0 heterocycles. The Morgan fingerprint density at radius 3 is 2.21 bits per heavy atom. The number of nitrogens with one attached hydrogen (secondary N) is 1. The zero-order valence-electron chi connectivity index (χ0n) is 17.4. The van der Waals surface area contributed by atoms with Crippen LogP contribution in [0.4, 0.5) is 11.4 Å². The Morgan fingerprint density at radius 2 is 1.58 bits per heavy atom. The summed E-state index contributed by atoms with van der Waals surface area (Å²) in [6.07, 6.45) is 0. The van der Waals surface area contributed by atoms with Crippen molar-refractivity contribution in [3.05, 3.63) is 80.3 Å². The number of sulfonamides is 1. The molecule has 6 nitrogen and oxygen atoms in total. The lowest BCUT2D eigenvalue weighted by atomic mass is 10.2. The van der Waals surface area contributed by atoms with Crippen LogP contribution in [0.25, 0.3) is 0 Å². The number of carbonyl (C=O) groups is 1. The number of aryl methyl sites for hydroxylation is 1. The smallest absolute Gasteiger partial charge is 0.268 e. The first kappa shape index (κ1) is 25.5. The van der Waals surface area contributed by atoms with Gasteiger partial charge in [0.25, 0.3) is 10.0 Å². The molecular formula is C22H18Cl4N2O4S. The van der Waals surface area contributed by atoms with Crippen molar-refractivity contribution >= 4 is 73.7 Å². The van der Waals surface area contributed by atoms with Gasteiger partial charge in [0.1, 0.15) is 17.2 Å². The van der Waals surface area contributed by atoms with Crippen LogP contribution in [0.5, 0.6) is 5.75 Å². The largest absolute Gasteiger partial charge is 0.495 e. The molecule has 3 aromatic carbocycles. The Kier molecular flexibility index (Phi) is 8.03. The van der Waals surface area contributed by atoms with Crippen LogP contribution >= 0.6 is 46.4 Å². The van der Waals surface area contributed by atoms with E-state index in [9.17, 15) is 13.2 Å². The summed E-state index contributed by atoms with van der Waals surface area (Å²) in [5.41, 5.74) is 1.13. The van der Waals surface area contributed by atoms with Gasteiger partial charge in [0.05, 0.1) is 33.6 Å². The Labute approximate surface area is 212 Å². The predicted octanol–water partition coefficient (Wildman–Crippen LogP) is 6.45. The van der Waals surface area contributed by atoms with E-state index in [1.165, 1.54) is 49.6 Å². The Hall–Kier alpha value is -2.16. The van der Waals surface area contributed by atoms with E-state index in [1.807, 2.05) is 0 Å². The van der Waals surface area contributed by atoms with Gasteiger partial charge >= 0.3 is 0 Å². The number of nitrogens with zero attached hydrogens (tertiary/aromatic N) is 1. The standard InChI is InChI=1S/C22H18Cl4N2O4S/c1-13-3-8-20(32-2)21(9-13)33(30,31)28(15-6-4-14(23)5-7-15)12-22(29)27-19-11-17(25)16(24)10-18(19)26/h3-11H,12H2,1-2H3,(H,27,29). The first-order chi connectivity index (χ1) is 15.5. The second-order valence-electron chi connectivity index (χ2n) is 6.94. The zero-order chi connectivity index (χ0) is 24.3. The van der Waals surface area contributed by atoms with Crippen LogP contribution in [0.15, 0.2) is 59.5 Å². The molecule has 33 heavy (non-hydrogen) atoms. The highest BCUT2D eigenvalue weighted by Crippen LogP contribution is 2.34. The summed E-state index contributed by atoms with van der Waals surface area (Å²) in [6, 6.07) is 13.6. The van der Waals surface area contributed by atoms with Crippen molar-refractivity contribution in [3.8, 4) is 5.75 Å². The lowest BCUT2D eigenvalue weighted by Gasteiger charge is -2.25. The average Bonchev–Trinajstić information content (AvgIpc) is 2.76. The van der Waals surface area contributed by atoms with E-state index in [0.717, 1.165) is 4.31 Å². The maximum Gasteiger partial charge on any atom is 0.268 e. The molecule has 3 rings (SSSR count). The summed E-state index contributed by atoms with van der Waals surface area (Å²) in [4.78, 5) is 12.8. The minimum absolute atomic E-state index is 0.0830. The number of anilines is 2. The van der Waals surface area contributed by atoms with E-state index in [0.29, 0.717) is 10.6 Å². The summed E-state index contributed by atoms with van der Waals surface area (Å²) in [5, 5.41) is 3.54. The molecule has 0 unspecified atom stereocenters. The molecule has 0 spiro atoms. The molecule has 0 aromatic heterocycles. The summed E-state index contributed by atoms with van der Waals surface area (Å²) in [7, 11) is -2.85. The molecule has 1 N–H and O–H groups in total. The topological polar surface area (TPSA) is 75.7 Å². The quantitative estimate of drug-likeness (QED) is 0.345. The van der Waals surface area contributed by atoms with Crippen LogP contribution in [-0.2, 0) is 14.8 Å². The maximum atomic E-state index is 13.7. The number of ether oxygens (including phenoxy) is 1. The number of amides is 1. The van der Waals surface area contributed by atoms with Gasteiger partial charge in [0.15, 0.2) is 0 Å². The molecule has 0 saturated heterocycles. The van der Waals surface area contributed by atoms with Gasteiger partial charge < -0.3 is 10.1 Å². The number of rotatable bonds is 7. The highest BCUT2D eigenvalue weighted by molar-refractivity contribution is 7.93. The first-order valence-electron chi connectivity index (χ1n) is 9.40. The maximum absolute atomic E-state index is 13.7. The van der Waals surface area contributed by atoms with Gasteiger partial charge in [0.2, 0.25) is 5.91 Å². The summed E-state index contributed by atoms with van der Waals surface area (Å²) in [5.74, 6) is -0.507. The van der Waals surface area contributed by atoms with Gasteiger partial charge in [-0.05, 0) is 61.0 Å². The zero-order valence-corrected chi connectivity index (χ0v) is 21.2. The SMILES string of the molecule is COc1ccc(C)cc1S(=O)(=O)N(CC(=O)Nc1cc(Cl)c(Cl)cc1Cl)c1ccc(Cl)cc1. The molecule has 174 valence electrons. The van der Waals surface area contributed by atoms with Crippen molar-refractivity contribution in [2.75, 3.05) is 23.3 Å². The van der Waals surface area contributed by atoms with Crippen molar-refractivity contribution in [2.24, 2.45) is 0 Å². The third-order valence-electron chi connectivity index (χ3n) is 4.57. The molecule has 0 saturated carbocycles. The van der Waals surface area contributed by atoms with Crippen LogP contribution in [0, 0.1) is 6.92 Å². The summed E-state index contributed by atoms with van der Waals surface area (Å²) < 4.78 is 33.6.